The van der Waals surface area contributed by atoms with E-state index in [4.69, 9.17) is 4.74 Å². The largest absolute Gasteiger partial charge is 0.465 e. The Kier molecular flexibility index (Phi) is 8.04. The fourth-order valence-corrected chi connectivity index (χ4v) is 4.18. The lowest BCUT2D eigenvalue weighted by molar-refractivity contribution is -0.143. The van der Waals surface area contributed by atoms with Gasteiger partial charge in [-0.05, 0) is 34.1 Å². The Morgan fingerprint density at radius 1 is 1.09 bits per heavy atom. The molecule has 0 amide bonds. The highest BCUT2D eigenvalue weighted by molar-refractivity contribution is 7.84. The average molecular weight is 332 g/mol. The van der Waals surface area contributed by atoms with Gasteiger partial charge < -0.3 is 4.74 Å². The Labute approximate surface area is 138 Å². The first-order valence-electron chi connectivity index (χ1n) is 8.71. The molecule has 0 aromatic heterocycles. The Hall–Kier alpha value is -0.420. The van der Waals surface area contributed by atoms with Crippen LogP contribution in [0.4, 0.5) is 0 Å². The molecule has 22 heavy (non-hydrogen) atoms. The van der Waals surface area contributed by atoms with Crippen molar-refractivity contribution in [2.75, 3.05) is 6.61 Å². The number of nitrogens with zero attached hydrogens (tertiary/aromatic N) is 1. The molecule has 1 fully saturated rings. The van der Waals surface area contributed by atoms with Crippen LogP contribution in [0.15, 0.2) is 0 Å². The lowest BCUT2D eigenvalue weighted by atomic mass is 10.1. The molecule has 0 aromatic rings. The first-order valence-corrected chi connectivity index (χ1v) is 9.82. The van der Waals surface area contributed by atoms with E-state index >= 15 is 0 Å². The zero-order chi connectivity index (χ0) is 16.8. The van der Waals surface area contributed by atoms with Gasteiger partial charge >= 0.3 is 5.97 Å². The monoisotopic (exact) mass is 331 g/mol. The molecule has 0 saturated carbocycles. The molecular weight excluding hydrogens is 298 g/mol. The summed E-state index contributed by atoms with van der Waals surface area (Å²) in [5.74, 6) is -0.212. The molecule has 0 bridgehead atoms. The standard InChI is InChI=1S/C17H33NO3S/c1-6-8-9-10-11-12-13-14-15(16(19)21-7-2)18(14)22(20)17(3,4)5/h14-15H,6-13H2,1-5H3/t14-,15-,18?,22-/m0/s1. The third-order valence-electron chi connectivity index (χ3n) is 3.97. The second kappa shape index (κ2) is 9.02. The van der Waals surface area contributed by atoms with Gasteiger partial charge in [0.1, 0.15) is 17.0 Å². The lowest BCUT2D eigenvalue weighted by Crippen LogP contribution is -2.30. The minimum Gasteiger partial charge on any atom is -0.465 e. The van der Waals surface area contributed by atoms with Crippen LogP contribution < -0.4 is 0 Å². The predicted molar refractivity (Wildman–Crippen MR) is 91.9 cm³/mol. The average Bonchev–Trinajstić information content (AvgIpc) is 3.15. The number of unbranched alkanes of at least 4 members (excludes halogenated alkanes) is 5. The van der Waals surface area contributed by atoms with Gasteiger partial charge in [0.05, 0.1) is 17.4 Å². The van der Waals surface area contributed by atoms with E-state index < -0.39 is 11.0 Å². The molecule has 0 N–H and O–H groups in total. The second-order valence-electron chi connectivity index (χ2n) is 7.04. The molecule has 1 unspecified atom stereocenters. The van der Waals surface area contributed by atoms with E-state index in [2.05, 4.69) is 6.92 Å². The van der Waals surface area contributed by atoms with E-state index in [0.29, 0.717) is 6.61 Å². The third kappa shape index (κ3) is 5.65. The zero-order valence-corrected chi connectivity index (χ0v) is 15.7. The van der Waals surface area contributed by atoms with Gasteiger partial charge in [0.15, 0.2) is 0 Å². The molecule has 4 atom stereocenters. The Morgan fingerprint density at radius 2 is 1.68 bits per heavy atom. The van der Waals surface area contributed by atoms with Crippen LogP contribution in [0.3, 0.4) is 0 Å². The maximum Gasteiger partial charge on any atom is 0.326 e. The maximum absolute atomic E-state index is 12.6. The van der Waals surface area contributed by atoms with Crippen LogP contribution in [0.25, 0.3) is 0 Å². The summed E-state index contributed by atoms with van der Waals surface area (Å²) in [7, 11) is -1.14. The van der Waals surface area contributed by atoms with Crippen LogP contribution in [0.2, 0.25) is 0 Å². The summed E-state index contributed by atoms with van der Waals surface area (Å²) in [6.07, 6.45) is 8.34. The minimum atomic E-state index is -1.14. The van der Waals surface area contributed by atoms with Gasteiger partial charge in [-0.1, -0.05) is 45.4 Å². The van der Waals surface area contributed by atoms with Crippen LogP contribution >= 0.6 is 0 Å². The van der Waals surface area contributed by atoms with Crippen molar-refractivity contribution >= 4 is 17.0 Å². The van der Waals surface area contributed by atoms with Crippen LogP contribution in [-0.2, 0) is 20.5 Å². The van der Waals surface area contributed by atoms with Crippen molar-refractivity contribution in [2.24, 2.45) is 0 Å². The summed E-state index contributed by atoms with van der Waals surface area (Å²) in [5, 5.41) is 0. The number of rotatable bonds is 10. The van der Waals surface area contributed by atoms with Crippen molar-refractivity contribution in [3.63, 3.8) is 0 Å². The summed E-state index contributed by atoms with van der Waals surface area (Å²) in [5.41, 5.74) is 0. The van der Waals surface area contributed by atoms with Gasteiger partial charge in [-0.2, -0.15) is 0 Å². The number of esters is 1. The minimum absolute atomic E-state index is 0.102. The SMILES string of the molecule is CCCCCCCC[C@H]1[C@@H](C(=O)OCC)N1[S@@](=O)C(C)(C)C. The molecule has 0 aromatic carbocycles. The summed E-state index contributed by atoms with van der Waals surface area (Å²) in [6.45, 7) is 10.3. The molecule has 0 spiro atoms. The van der Waals surface area contributed by atoms with Gasteiger partial charge in [-0.15, -0.1) is 0 Å². The normalized spacial score (nSPS) is 25.8. The maximum atomic E-state index is 12.6. The molecule has 130 valence electrons. The summed E-state index contributed by atoms with van der Waals surface area (Å²) in [4.78, 5) is 12.0. The second-order valence-corrected chi connectivity index (χ2v) is 9.19. The smallest absolute Gasteiger partial charge is 0.326 e. The number of hydrogen-bond acceptors (Lipinski definition) is 3. The molecule has 0 radical (unpaired) electrons. The number of carbonyl (C=O) groups is 1. The van der Waals surface area contributed by atoms with E-state index in [1.165, 1.54) is 32.1 Å². The molecule has 1 rings (SSSR count). The summed E-state index contributed by atoms with van der Waals surface area (Å²) >= 11 is 0. The molecule has 4 nitrogen and oxygen atoms in total. The van der Waals surface area contributed by atoms with E-state index in [-0.39, 0.29) is 22.8 Å². The Bertz CT molecular complexity index is 379. The van der Waals surface area contributed by atoms with E-state index in [1.54, 1.807) is 0 Å². The molecule has 0 aliphatic carbocycles. The molecule has 1 saturated heterocycles. The zero-order valence-electron chi connectivity index (χ0n) is 14.9. The van der Waals surface area contributed by atoms with Crippen molar-refractivity contribution in [1.82, 2.24) is 4.31 Å². The molecule has 1 aliphatic heterocycles. The number of ether oxygens (including phenoxy) is 1. The van der Waals surface area contributed by atoms with Crippen molar-refractivity contribution < 1.29 is 13.7 Å². The van der Waals surface area contributed by atoms with E-state index in [1.807, 2.05) is 32.0 Å². The molecule has 1 heterocycles. The van der Waals surface area contributed by atoms with E-state index in [9.17, 15) is 9.00 Å². The quantitative estimate of drug-likeness (QED) is 0.347. The fraction of sp³-hybridized carbons (Fsp3) is 0.941. The van der Waals surface area contributed by atoms with Crippen LogP contribution in [-0.4, -0.2) is 37.9 Å². The first kappa shape index (κ1) is 19.6. The molecule has 5 heteroatoms. The topological polar surface area (TPSA) is 46.4 Å². The Morgan fingerprint density at radius 3 is 2.23 bits per heavy atom. The third-order valence-corrected chi connectivity index (χ3v) is 5.90. The highest BCUT2D eigenvalue weighted by Gasteiger charge is 2.58. The highest BCUT2D eigenvalue weighted by atomic mass is 32.2. The van der Waals surface area contributed by atoms with Gasteiger partial charge in [-0.3, -0.25) is 4.79 Å². The van der Waals surface area contributed by atoms with Crippen molar-refractivity contribution in [2.45, 2.75) is 96.4 Å². The van der Waals surface area contributed by atoms with Gasteiger partial charge in [-0.25, -0.2) is 8.51 Å². The highest BCUT2D eigenvalue weighted by Crippen LogP contribution is 2.39. The number of carbonyl (C=O) groups excluding carboxylic acids is 1. The van der Waals surface area contributed by atoms with Crippen LogP contribution in [0.5, 0.6) is 0 Å². The van der Waals surface area contributed by atoms with Crippen molar-refractivity contribution in [1.29, 1.82) is 0 Å². The first-order chi connectivity index (χ1) is 10.3. The predicted octanol–water partition coefficient (Wildman–Crippen LogP) is 3.82. The Balaban J connectivity index is 2.47. The van der Waals surface area contributed by atoms with Crippen molar-refractivity contribution in [3.8, 4) is 0 Å². The van der Waals surface area contributed by atoms with Gasteiger partial charge in [0, 0.05) is 0 Å². The van der Waals surface area contributed by atoms with E-state index in [0.717, 1.165) is 12.8 Å². The van der Waals surface area contributed by atoms with Gasteiger partial charge in [0.25, 0.3) is 0 Å². The van der Waals surface area contributed by atoms with Crippen LogP contribution in [0.1, 0.15) is 79.6 Å². The summed E-state index contributed by atoms with van der Waals surface area (Å²) < 4.78 is 19.2. The van der Waals surface area contributed by atoms with Gasteiger partial charge in [0.2, 0.25) is 0 Å². The summed E-state index contributed by atoms with van der Waals surface area (Å²) in [6, 6.07) is -0.194. The molecular formula is C17H33NO3S. The van der Waals surface area contributed by atoms with Crippen LogP contribution in [0, 0.1) is 0 Å². The van der Waals surface area contributed by atoms with Crippen molar-refractivity contribution in [3.05, 3.63) is 0 Å². The fourth-order valence-electron chi connectivity index (χ4n) is 2.71. The number of hydrogen-bond donors (Lipinski definition) is 0. The molecule has 1 aliphatic rings. The lowest BCUT2D eigenvalue weighted by Gasteiger charge is -2.18.